The van der Waals surface area contributed by atoms with Crippen molar-refractivity contribution in [2.75, 3.05) is 33.9 Å². The number of nitrogens with one attached hydrogen (secondary N) is 2. The molecule has 4 atom stereocenters. The molecule has 8 nitrogen and oxygen atoms in total. The average molecular weight is 568 g/mol. The molecule has 1 heterocycles. The zero-order valence-corrected chi connectivity index (χ0v) is 21.7. The van der Waals surface area contributed by atoms with Crippen LogP contribution in [-0.4, -0.2) is 56.5 Å². The number of guanidine groups is 1. The van der Waals surface area contributed by atoms with Gasteiger partial charge in [0.05, 0.1) is 25.6 Å². The largest absolute Gasteiger partial charge is 0.493 e. The third kappa shape index (κ3) is 5.12. The Kier molecular flexibility index (Phi) is 8.61. The highest BCUT2D eigenvalue weighted by Gasteiger charge is 2.58. The molecule has 4 unspecified atom stereocenters. The molecule has 2 N–H and O–H groups in total. The molecule has 0 aromatic heterocycles. The molecule has 0 spiro atoms. The summed E-state index contributed by atoms with van der Waals surface area (Å²) in [5, 5.41) is 6.46. The Morgan fingerprint density at radius 1 is 1.12 bits per heavy atom. The molecule has 1 aromatic carbocycles. The molecule has 1 aliphatic heterocycles. The Labute approximate surface area is 212 Å². The molecule has 1 aromatic rings. The van der Waals surface area contributed by atoms with E-state index in [0.29, 0.717) is 38.0 Å². The van der Waals surface area contributed by atoms with Gasteiger partial charge in [-0.25, -0.2) is 0 Å². The highest BCUT2D eigenvalue weighted by atomic mass is 127. The molecule has 2 bridgehead atoms. The predicted molar refractivity (Wildman–Crippen MR) is 137 cm³/mol. The first-order valence-electron chi connectivity index (χ1n) is 11.3. The van der Waals surface area contributed by atoms with Crippen molar-refractivity contribution in [3.63, 3.8) is 0 Å². The van der Waals surface area contributed by atoms with Gasteiger partial charge in [-0.05, 0) is 42.4 Å². The summed E-state index contributed by atoms with van der Waals surface area (Å²) in [6, 6.07) is 5.83. The second kappa shape index (κ2) is 11.2. The first-order valence-corrected chi connectivity index (χ1v) is 11.3. The third-order valence-electron chi connectivity index (χ3n) is 6.56. The summed E-state index contributed by atoms with van der Waals surface area (Å²) in [5.74, 6) is 2.20. The van der Waals surface area contributed by atoms with Gasteiger partial charge < -0.3 is 20.1 Å². The van der Waals surface area contributed by atoms with E-state index in [1.54, 1.807) is 14.2 Å². The number of nitrogens with zero attached hydrogens (tertiary/aromatic N) is 2. The lowest BCUT2D eigenvalue weighted by atomic mass is 9.85. The molecule has 0 radical (unpaired) electrons. The number of rotatable bonds is 9. The van der Waals surface area contributed by atoms with Crippen LogP contribution in [0.1, 0.15) is 25.3 Å². The van der Waals surface area contributed by atoms with Crippen LogP contribution in [0.5, 0.6) is 11.5 Å². The second-order valence-electron chi connectivity index (χ2n) is 8.51. The van der Waals surface area contributed by atoms with Gasteiger partial charge in [-0.2, -0.15) is 0 Å². The maximum atomic E-state index is 12.8. The van der Waals surface area contributed by atoms with Crippen LogP contribution in [0.4, 0.5) is 0 Å². The second-order valence-corrected chi connectivity index (χ2v) is 8.51. The molecular weight excluding hydrogens is 535 g/mol. The van der Waals surface area contributed by atoms with E-state index in [2.05, 4.69) is 34.7 Å². The lowest BCUT2D eigenvalue weighted by molar-refractivity contribution is -0.140. The zero-order valence-electron chi connectivity index (χ0n) is 19.4. The number of allylic oxidation sites excluding steroid dienone is 2. The van der Waals surface area contributed by atoms with E-state index in [9.17, 15) is 9.59 Å². The summed E-state index contributed by atoms with van der Waals surface area (Å²) in [7, 11) is 3.32. The van der Waals surface area contributed by atoms with Crippen molar-refractivity contribution in [1.82, 2.24) is 15.5 Å². The number of ether oxygens (including phenoxy) is 2. The van der Waals surface area contributed by atoms with Crippen LogP contribution in [0.15, 0.2) is 35.3 Å². The quantitative estimate of drug-likeness (QED) is 0.157. The number of aliphatic imine (C=N–C) groups is 1. The molecule has 1 saturated carbocycles. The number of hydrogen-bond donors (Lipinski definition) is 2. The van der Waals surface area contributed by atoms with Crippen molar-refractivity contribution in [2.24, 2.45) is 28.7 Å². The van der Waals surface area contributed by atoms with Crippen LogP contribution in [-0.2, 0) is 16.1 Å². The standard InChI is InChI=1S/C24H32N4O4.HI/c1-4-11-32-18-8-5-15(12-19(18)31-3)14-27-24(25-2)26-9-10-28-22(29)20-16-6-7-17(13-16)21(20)23(28)30;/h5-8,12,16-17,20-21H,4,9-11,13-14H2,1-3H3,(H2,25,26,27);1H. The van der Waals surface area contributed by atoms with E-state index in [1.807, 2.05) is 18.2 Å². The van der Waals surface area contributed by atoms with Crippen LogP contribution in [0.2, 0.25) is 0 Å². The molecule has 3 aliphatic rings. The first-order chi connectivity index (χ1) is 15.6. The van der Waals surface area contributed by atoms with Gasteiger partial charge in [0.25, 0.3) is 0 Å². The molecule has 2 aliphatic carbocycles. The maximum absolute atomic E-state index is 12.8. The van der Waals surface area contributed by atoms with Crippen molar-refractivity contribution in [3.05, 3.63) is 35.9 Å². The minimum Gasteiger partial charge on any atom is -0.493 e. The minimum atomic E-state index is -0.144. The summed E-state index contributed by atoms with van der Waals surface area (Å²) in [6.07, 6.45) is 6.11. The van der Waals surface area contributed by atoms with Crippen LogP contribution in [0, 0.1) is 23.7 Å². The van der Waals surface area contributed by atoms with E-state index < -0.39 is 0 Å². The third-order valence-corrected chi connectivity index (χ3v) is 6.56. The van der Waals surface area contributed by atoms with Gasteiger partial charge in [-0.1, -0.05) is 25.1 Å². The van der Waals surface area contributed by atoms with Gasteiger partial charge in [0.1, 0.15) is 0 Å². The predicted octanol–water partition coefficient (Wildman–Crippen LogP) is 2.57. The highest BCUT2D eigenvalue weighted by molar-refractivity contribution is 14.0. The highest BCUT2D eigenvalue weighted by Crippen LogP contribution is 2.52. The van der Waals surface area contributed by atoms with Crippen molar-refractivity contribution in [2.45, 2.75) is 26.3 Å². The summed E-state index contributed by atoms with van der Waals surface area (Å²) in [4.78, 5) is 31.2. The first kappa shape index (κ1) is 25.3. The van der Waals surface area contributed by atoms with E-state index in [-0.39, 0.29) is 59.5 Å². The van der Waals surface area contributed by atoms with E-state index >= 15 is 0 Å². The minimum absolute atomic E-state index is 0. The van der Waals surface area contributed by atoms with E-state index in [1.165, 1.54) is 4.90 Å². The number of fused-ring (bicyclic) bond motifs is 5. The lowest BCUT2D eigenvalue weighted by Crippen LogP contribution is -2.43. The Bertz CT molecular complexity index is 905. The van der Waals surface area contributed by atoms with E-state index in [4.69, 9.17) is 9.47 Å². The number of methoxy groups -OCH3 is 1. The monoisotopic (exact) mass is 568 g/mol. The van der Waals surface area contributed by atoms with Gasteiger partial charge in [0, 0.05) is 26.7 Å². The molecular formula is C24H33IN4O4. The normalized spacial score (nSPS) is 25.2. The number of imide groups is 1. The zero-order chi connectivity index (χ0) is 22.7. The van der Waals surface area contributed by atoms with Crippen LogP contribution in [0.3, 0.4) is 0 Å². The topological polar surface area (TPSA) is 92.3 Å². The number of carbonyl (C=O) groups excluding carboxylic acids is 2. The van der Waals surface area contributed by atoms with Crippen molar-refractivity contribution < 1.29 is 19.1 Å². The van der Waals surface area contributed by atoms with Crippen LogP contribution in [0.25, 0.3) is 0 Å². The van der Waals surface area contributed by atoms with Crippen LogP contribution < -0.4 is 20.1 Å². The fourth-order valence-electron chi connectivity index (χ4n) is 5.03. The molecule has 4 rings (SSSR count). The molecule has 2 fully saturated rings. The van der Waals surface area contributed by atoms with Crippen molar-refractivity contribution in [1.29, 1.82) is 0 Å². The maximum Gasteiger partial charge on any atom is 0.233 e. The summed E-state index contributed by atoms with van der Waals surface area (Å²) < 4.78 is 11.1. The summed E-state index contributed by atoms with van der Waals surface area (Å²) in [5.41, 5.74) is 1.02. The molecule has 2 amide bonds. The number of carbonyl (C=O) groups is 2. The molecule has 180 valence electrons. The fourth-order valence-corrected chi connectivity index (χ4v) is 5.03. The lowest BCUT2D eigenvalue weighted by Gasteiger charge is -2.19. The Morgan fingerprint density at radius 3 is 2.42 bits per heavy atom. The van der Waals surface area contributed by atoms with Crippen molar-refractivity contribution >= 4 is 41.8 Å². The Morgan fingerprint density at radius 2 is 1.82 bits per heavy atom. The molecule has 1 saturated heterocycles. The molecule has 9 heteroatoms. The van der Waals surface area contributed by atoms with Gasteiger partial charge in [0.2, 0.25) is 11.8 Å². The number of hydrogen-bond acceptors (Lipinski definition) is 5. The van der Waals surface area contributed by atoms with Gasteiger partial charge in [-0.3, -0.25) is 19.5 Å². The van der Waals surface area contributed by atoms with Crippen molar-refractivity contribution in [3.8, 4) is 11.5 Å². The smallest absolute Gasteiger partial charge is 0.233 e. The number of amides is 2. The summed E-state index contributed by atoms with van der Waals surface area (Å²) in [6.45, 7) is 4.05. The number of benzene rings is 1. The number of halogens is 1. The van der Waals surface area contributed by atoms with Gasteiger partial charge in [0.15, 0.2) is 17.5 Å². The van der Waals surface area contributed by atoms with Gasteiger partial charge in [-0.15, -0.1) is 24.0 Å². The summed E-state index contributed by atoms with van der Waals surface area (Å²) >= 11 is 0. The SMILES string of the molecule is CCCOc1ccc(CNC(=NC)NCCN2C(=O)C3C4C=CC(C4)C3C2=O)cc1OC.I. The average Bonchev–Trinajstić information content (AvgIpc) is 3.49. The Hall–Kier alpha value is -2.30. The molecule has 33 heavy (non-hydrogen) atoms. The van der Waals surface area contributed by atoms with Crippen LogP contribution >= 0.6 is 24.0 Å². The van der Waals surface area contributed by atoms with Gasteiger partial charge >= 0.3 is 0 Å². The van der Waals surface area contributed by atoms with E-state index in [0.717, 1.165) is 24.2 Å². The fraction of sp³-hybridized carbons (Fsp3) is 0.542. The Balaban J connectivity index is 0.00000306. The number of likely N-dealkylation sites (tertiary alicyclic amines) is 1.